The fourth-order valence-corrected chi connectivity index (χ4v) is 3.78. The molecule has 1 aromatic heterocycles. The normalized spacial score (nSPS) is 13.2. The van der Waals surface area contributed by atoms with Crippen molar-refractivity contribution >= 4 is 23.0 Å². The van der Waals surface area contributed by atoms with E-state index in [4.69, 9.17) is 0 Å². The van der Waals surface area contributed by atoms with Crippen LogP contribution in [0.4, 0.5) is 21.5 Å². The van der Waals surface area contributed by atoms with Crippen molar-refractivity contribution in [1.29, 1.82) is 0 Å². The average molecular weight is 437 g/mol. The predicted octanol–water partition coefficient (Wildman–Crippen LogP) is 3.44. The summed E-state index contributed by atoms with van der Waals surface area (Å²) in [6.07, 6.45) is 1.92. The van der Waals surface area contributed by atoms with Gasteiger partial charge in [0.15, 0.2) is 5.69 Å². The Morgan fingerprint density at radius 2 is 1.81 bits per heavy atom. The van der Waals surface area contributed by atoms with Crippen LogP contribution in [-0.4, -0.2) is 33.7 Å². The molecule has 0 unspecified atom stereocenters. The van der Waals surface area contributed by atoms with Gasteiger partial charge >= 0.3 is 0 Å². The van der Waals surface area contributed by atoms with Gasteiger partial charge in [-0.3, -0.25) is 19.7 Å². The molecule has 1 N–H and O–H groups in total. The van der Waals surface area contributed by atoms with E-state index in [2.05, 4.69) is 10.4 Å². The van der Waals surface area contributed by atoms with E-state index in [0.29, 0.717) is 11.4 Å². The van der Waals surface area contributed by atoms with E-state index in [9.17, 15) is 24.1 Å². The number of para-hydroxylation sites is 3. The molecule has 32 heavy (non-hydrogen) atoms. The molecular weight excluding hydrogens is 417 g/mol. The van der Waals surface area contributed by atoms with Crippen molar-refractivity contribution in [1.82, 2.24) is 9.78 Å². The fourth-order valence-electron chi connectivity index (χ4n) is 3.78. The van der Waals surface area contributed by atoms with Crippen LogP contribution in [0, 0.1) is 22.9 Å². The van der Waals surface area contributed by atoms with E-state index in [1.807, 2.05) is 4.90 Å². The quantitative estimate of drug-likeness (QED) is 0.484. The lowest BCUT2D eigenvalue weighted by atomic mass is 10.2. The van der Waals surface area contributed by atoms with Gasteiger partial charge in [-0.25, -0.2) is 9.07 Å². The first-order valence-electron chi connectivity index (χ1n) is 10.1. The molecule has 0 radical (unpaired) electrons. The van der Waals surface area contributed by atoms with Gasteiger partial charge in [0.25, 0.3) is 11.6 Å². The number of aryl methyl sites for hydroxylation is 1. The second-order valence-corrected chi connectivity index (χ2v) is 7.44. The number of benzene rings is 2. The standard InChI is InChI=1S/C22H20FN5O4/c1-14-13-19(29)21(25-27(14)16-8-2-3-9-17(16)28(31)32)22(30)24-20-15(23)7-6-10-18(20)26-11-4-5-12-26/h2-3,6-10,13H,4-5,11-12H2,1H3,(H,24,30). The first-order chi connectivity index (χ1) is 15.4. The molecule has 3 aromatic rings. The molecule has 1 fully saturated rings. The third kappa shape index (κ3) is 3.94. The summed E-state index contributed by atoms with van der Waals surface area (Å²) in [5.41, 5.74) is -0.487. The number of anilines is 2. The van der Waals surface area contributed by atoms with E-state index in [1.165, 1.54) is 30.3 Å². The molecule has 10 heteroatoms. The minimum absolute atomic E-state index is 0.0292. The van der Waals surface area contributed by atoms with E-state index < -0.39 is 27.8 Å². The van der Waals surface area contributed by atoms with E-state index >= 15 is 0 Å². The van der Waals surface area contributed by atoms with Crippen LogP contribution in [0.25, 0.3) is 5.69 Å². The van der Waals surface area contributed by atoms with Gasteiger partial charge in [0.1, 0.15) is 17.2 Å². The highest BCUT2D eigenvalue weighted by Crippen LogP contribution is 2.31. The molecule has 1 amide bonds. The highest BCUT2D eigenvalue weighted by molar-refractivity contribution is 6.04. The number of nitro groups is 1. The maximum atomic E-state index is 14.6. The highest BCUT2D eigenvalue weighted by Gasteiger charge is 2.23. The minimum Gasteiger partial charge on any atom is -0.370 e. The Kier molecular flexibility index (Phi) is 5.67. The number of nitrogens with one attached hydrogen (secondary N) is 1. The lowest BCUT2D eigenvalue weighted by Gasteiger charge is -2.22. The average Bonchev–Trinajstić information content (AvgIpc) is 3.30. The van der Waals surface area contributed by atoms with Gasteiger partial charge in [0.05, 0.1) is 10.6 Å². The smallest absolute Gasteiger partial charge is 0.294 e. The lowest BCUT2D eigenvalue weighted by molar-refractivity contribution is -0.384. The molecule has 4 rings (SSSR count). The van der Waals surface area contributed by atoms with E-state index in [1.54, 1.807) is 25.1 Å². The fraction of sp³-hybridized carbons (Fsp3) is 0.227. The number of hydrogen-bond acceptors (Lipinski definition) is 6. The number of nitro benzene ring substituents is 1. The Hall–Kier alpha value is -4.08. The van der Waals surface area contributed by atoms with Crippen LogP contribution in [0.5, 0.6) is 0 Å². The second kappa shape index (κ2) is 8.58. The molecule has 164 valence electrons. The molecular formula is C22H20FN5O4. The Morgan fingerprint density at radius 3 is 2.53 bits per heavy atom. The predicted molar refractivity (Wildman–Crippen MR) is 117 cm³/mol. The van der Waals surface area contributed by atoms with Crippen LogP contribution in [0.1, 0.15) is 29.0 Å². The molecule has 0 bridgehead atoms. The number of halogens is 1. The number of rotatable bonds is 5. The summed E-state index contributed by atoms with van der Waals surface area (Å²) in [6, 6.07) is 11.5. The van der Waals surface area contributed by atoms with Crippen molar-refractivity contribution in [2.24, 2.45) is 0 Å². The number of nitrogens with zero attached hydrogens (tertiary/aromatic N) is 4. The van der Waals surface area contributed by atoms with Crippen molar-refractivity contribution in [2.75, 3.05) is 23.3 Å². The molecule has 0 atom stereocenters. The van der Waals surface area contributed by atoms with Gasteiger partial charge in [-0.2, -0.15) is 5.10 Å². The van der Waals surface area contributed by atoms with Crippen molar-refractivity contribution < 1.29 is 14.1 Å². The van der Waals surface area contributed by atoms with Crippen LogP contribution in [-0.2, 0) is 0 Å². The Balaban J connectivity index is 1.75. The summed E-state index contributed by atoms with van der Waals surface area (Å²) in [4.78, 5) is 38.3. The third-order valence-corrected chi connectivity index (χ3v) is 5.31. The largest absolute Gasteiger partial charge is 0.370 e. The lowest BCUT2D eigenvalue weighted by Crippen LogP contribution is -2.28. The Morgan fingerprint density at radius 1 is 1.12 bits per heavy atom. The number of carbonyl (C=O) groups is 1. The first kappa shape index (κ1) is 21.2. The Bertz CT molecular complexity index is 1270. The van der Waals surface area contributed by atoms with Crippen LogP contribution >= 0.6 is 0 Å². The summed E-state index contributed by atoms with van der Waals surface area (Å²) in [5.74, 6) is -1.53. The molecule has 1 aliphatic heterocycles. The molecule has 0 aliphatic carbocycles. The van der Waals surface area contributed by atoms with Gasteiger partial charge in [-0.05, 0) is 38.0 Å². The number of hydrogen-bond donors (Lipinski definition) is 1. The van der Waals surface area contributed by atoms with Gasteiger partial charge in [0.2, 0.25) is 5.43 Å². The molecule has 1 aliphatic rings. The Labute approximate surface area is 182 Å². The number of amides is 1. The molecule has 2 aromatic carbocycles. The van der Waals surface area contributed by atoms with Crippen molar-refractivity contribution in [3.63, 3.8) is 0 Å². The monoisotopic (exact) mass is 437 g/mol. The van der Waals surface area contributed by atoms with E-state index in [-0.39, 0.29) is 17.1 Å². The first-order valence-corrected chi connectivity index (χ1v) is 10.1. The molecule has 1 saturated heterocycles. The zero-order valence-electron chi connectivity index (χ0n) is 17.2. The minimum atomic E-state index is -0.895. The van der Waals surface area contributed by atoms with Crippen LogP contribution in [0.15, 0.2) is 53.3 Å². The maximum Gasteiger partial charge on any atom is 0.294 e. The van der Waals surface area contributed by atoms with Gasteiger partial charge in [-0.15, -0.1) is 0 Å². The maximum absolute atomic E-state index is 14.6. The highest BCUT2D eigenvalue weighted by atomic mass is 19.1. The number of carbonyl (C=O) groups excluding carboxylic acids is 1. The zero-order chi connectivity index (χ0) is 22.8. The van der Waals surface area contributed by atoms with Crippen molar-refractivity contribution in [3.8, 4) is 5.69 Å². The summed E-state index contributed by atoms with van der Waals surface area (Å²) in [5, 5.41) is 18.0. The number of aromatic nitrogens is 2. The zero-order valence-corrected chi connectivity index (χ0v) is 17.2. The van der Waals surface area contributed by atoms with Gasteiger partial charge in [-0.1, -0.05) is 18.2 Å². The van der Waals surface area contributed by atoms with Crippen LogP contribution in [0.3, 0.4) is 0 Å². The summed E-state index contributed by atoms with van der Waals surface area (Å²) >= 11 is 0. The SMILES string of the molecule is Cc1cc(=O)c(C(=O)Nc2c(F)cccc2N2CCCC2)nn1-c1ccccc1[N+](=O)[O-]. The molecule has 0 spiro atoms. The van der Waals surface area contributed by atoms with Crippen molar-refractivity contribution in [3.05, 3.63) is 86.1 Å². The molecule has 2 heterocycles. The van der Waals surface area contributed by atoms with Crippen molar-refractivity contribution in [2.45, 2.75) is 19.8 Å². The molecule has 9 nitrogen and oxygen atoms in total. The summed E-state index contributed by atoms with van der Waals surface area (Å²) in [7, 11) is 0. The van der Waals surface area contributed by atoms with Gasteiger partial charge < -0.3 is 10.2 Å². The van der Waals surface area contributed by atoms with Gasteiger partial charge in [0, 0.05) is 30.9 Å². The third-order valence-electron chi connectivity index (χ3n) is 5.31. The topological polar surface area (TPSA) is 110 Å². The van der Waals surface area contributed by atoms with Crippen LogP contribution < -0.4 is 15.6 Å². The second-order valence-electron chi connectivity index (χ2n) is 7.44. The van der Waals surface area contributed by atoms with Crippen LogP contribution in [0.2, 0.25) is 0 Å². The van der Waals surface area contributed by atoms with E-state index in [0.717, 1.165) is 30.6 Å². The molecule has 0 saturated carbocycles. The summed E-state index contributed by atoms with van der Waals surface area (Å²) < 4.78 is 15.8. The summed E-state index contributed by atoms with van der Waals surface area (Å²) in [6.45, 7) is 3.02.